The third kappa shape index (κ3) is 2.09. The van der Waals surface area contributed by atoms with E-state index < -0.39 is 5.92 Å². The van der Waals surface area contributed by atoms with Gasteiger partial charge in [-0.2, -0.15) is 20.2 Å². The maximum Gasteiger partial charge on any atom is 0.262 e. The van der Waals surface area contributed by atoms with Gasteiger partial charge in [0, 0.05) is 5.69 Å². The van der Waals surface area contributed by atoms with Crippen molar-refractivity contribution in [2.45, 2.75) is 19.8 Å². The van der Waals surface area contributed by atoms with E-state index >= 15 is 0 Å². The average Bonchev–Trinajstić information content (AvgIpc) is 3.12. The van der Waals surface area contributed by atoms with E-state index in [0.717, 1.165) is 22.8 Å². The lowest BCUT2D eigenvalue weighted by atomic mass is 9.99. The number of carbonyl (C=O) groups is 1. The molecule has 23 heavy (non-hydrogen) atoms. The minimum Gasteiger partial charge on any atom is -0.271 e. The Balaban J connectivity index is 1.82. The molecule has 0 fully saturated rings. The molecule has 2 aromatic heterocycles. The lowest BCUT2D eigenvalue weighted by Gasteiger charge is -2.15. The van der Waals surface area contributed by atoms with Gasteiger partial charge in [0.2, 0.25) is 0 Å². The highest BCUT2D eigenvalue weighted by Crippen LogP contribution is 2.30. The van der Waals surface area contributed by atoms with Crippen molar-refractivity contribution < 1.29 is 4.79 Å². The molecule has 0 saturated carbocycles. The third-order valence-corrected chi connectivity index (χ3v) is 3.84. The molecule has 7 heteroatoms. The zero-order chi connectivity index (χ0) is 16.0. The summed E-state index contributed by atoms with van der Waals surface area (Å²) >= 11 is 0. The summed E-state index contributed by atoms with van der Waals surface area (Å²) < 4.78 is 1.60. The number of hydrogen-bond donors (Lipinski definition) is 0. The minimum absolute atomic E-state index is 0.101. The topological polar surface area (TPSA) is 75.8 Å². The van der Waals surface area contributed by atoms with Gasteiger partial charge in [-0.05, 0) is 32.0 Å². The van der Waals surface area contributed by atoms with Crippen LogP contribution in [-0.2, 0) is 4.79 Å². The van der Waals surface area contributed by atoms with Crippen LogP contribution in [0.15, 0.2) is 47.8 Å². The molecule has 0 bridgehead atoms. The van der Waals surface area contributed by atoms with Gasteiger partial charge in [-0.3, -0.25) is 4.79 Å². The first kappa shape index (κ1) is 13.6. The number of benzene rings is 1. The van der Waals surface area contributed by atoms with Gasteiger partial charge in [0.25, 0.3) is 11.7 Å². The number of aryl methyl sites for hydroxylation is 1. The molecule has 0 aliphatic carbocycles. The lowest BCUT2D eigenvalue weighted by Crippen LogP contribution is -2.27. The van der Waals surface area contributed by atoms with Crippen molar-refractivity contribution in [3.63, 3.8) is 0 Å². The predicted molar refractivity (Wildman–Crippen MR) is 85.3 cm³/mol. The second kappa shape index (κ2) is 4.98. The number of carbonyl (C=O) groups excluding carboxylic acids is 1. The van der Waals surface area contributed by atoms with Crippen molar-refractivity contribution in [1.29, 1.82) is 0 Å². The van der Waals surface area contributed by atoms with Crippen LogP contribution in [-0.4, -0.2) is 31.2 Å². The molecule has 7 nitrogen and oxygen atoms in total. The average molecular weight is 306 g/mol. The van der Waals surface area contributed by atoms with E-state index in [1.807, 2.05) is 50.2 Å². The number of hydrazone groups is 1. The van der Waals surface area contributed by atoms with Crippen molar-refractivity contribution in [3.8, 4) is 0 Å². The van der Waals surface area contributed by atoms with E-state index in [-0.39, 0.29) is 5.91 Å². The van der Waals surface area contributed by atoms with Crippen LogP contribution in [0.3, 0.4) is 0 Å². The van der Waals surface area contributed by atoms with Crippen LogP contribution in [0.1, 0.15) is 24.2 Å². The van der Waals surface area contributed by atoms with Crippen molar-refractivity contribution in [1.82, 2.24) is 19.6 Å². The lowest BCUT2D eigenvalue weighted by molar-refractivity contribution is -0.118. The zero-order valence-corrected chi connectivity index (χ0v) is 12.7. The molecule has 1 aromatic carbocycles. The molecule has 4 rings (SSSR count). The second-order valence-corrected chi connectivity index (χ2v) is 5.45. The number of para-hydroxylation sites is 1. The van der Waals surface area contributed by atoms with Crippen molar-refractivity contribution >= 4 is 23.1 Å². The molecule has 0 radical (unpaired) electrons. The van der Waals surface area contributed by atoms with Gasteiger partial charge in [0.05, 0.1) is 17.1 Å². The number of anilines is 1. The fourth-order valence-electron chi connectivity index (χ4n) is 2.83. The zero-order valence-electron chi connectivity index (χ0n) is 12.7. The molecule has 3 heterocycles. The third-order valence-electron chi connectivity index (χ3n) is 3.84. The second-order valence-electron chi connectivity index (χ2n) is 5.45. The Hall–Kier alpha value is -3.09. The number of aromatic nitrogens is 4. The summed E-state index contributed by atoms with van der Waals surface area (Å²) in [6.07, 6.45) is 1.44. The maximum atomic E-state index is 12.9. The number of nitrogens with zero attached hydrogens (tertiary/aromatic N) is 6. The molecule has 0 N–H and O–H groups in total. The SMILES string of the molecule is CC1=NN(c2ccccc2)C(=O)C1c1cc(C)nc2ncnn12. The summed E-state index contributed by atoms with van der Waals surface area (Å²) in [5.41, 5.74) is 3.00. The highest BCUT2D eigenvalue weighted by atomic mass is 16.2. The fourth-order valence-corrected chi connectivity index (χ4v) is 2.83. The molecular formula is C16H14N6O. The van der Waals surface area contributed by atoms with Crippen LogP contribution in [0, 0.1) is 6.92 Å². The Morgan fingerprint density at radius 2 is 1.91 bits per heavy atom. The number of amides is 1. The Kier molecular flexibility index (Phi) is 2.94. The molecule has 0 spiro atoms. The van der Waals surface area contributed by atoms with E-state index in [4.69, 9.17) is 0 Å². The summed E-state index contributed by atoms with van der Waals surface area (Å²) in [5, 5.41) is 10.1. The number of rotatable bonds is 2. The Labute approximate surface area is 132 Å². The molecule has 114 valence electrons. The first-order valence-electron chi connectivity index (χ1n) is 7.26. The summed E-state index contributed by atoms with van der Waals surface area (Å²) in [6.45, 7) is 3.73. The van der Waals surface area contributed by atoms with Gasteiger partial charge in [0.15, 0.2) is 0 Å². The maximum absolute atomic E-state index is 12.9. The van der Waals surface area contributed by atoms with Gasteiger partial charge in [0.1, 0.15) is 12.2 Å². The van der Waals surface area contributed by atoms with E-state index in [0.29, 0.717) is 5.78 Å². The molecule has 0 saturated heterocycles. The van der Waals surface area contributed by atoms with Crippen LogP contribution in [0.25, 0.3) is 5.78 Å². The van der Waals surface area contributed by atoms with Crippen LogP contribution in [0.5, 0.6) is 0 Å². The first-order valence-corrected chi connectivity index (χ1v) is 7.26. The van der Waals surface area contributed by atoms with E-state index in [1.54, 1.807) is 4.52 Å². The summed E-state index contributed by atoms with van der Waals surface area (Å²) in [4.78, 5) is 21.4. The highest BCUT2D eigenvalue weighted by molar-refractivity contribution is 6.18. The van der Waals surface area contributed by atoms with Crippen molar-refractivity contribution in [2.75, 3.05) is 5.01 Å². The standard InChI is InChI=1S/C16H14N6O/c1-10-8-13(22-16(19-10)17-9-18-22)14-11(2)20-21(15(14)23)12-6-4-3-5-7-12/h3-9,14H,1-2H3. The highest BCUT2D eigenvalue weighted by Gasteiger charge is 2.37. The fraction of sp³-hybridized carbons (Fsp3) is 0.188. The Bertz CT molecular complexity index is 930. The van der Waals surface area contributed by atoms with Crippen LogP contribution in [0.4, 0.5) is 5.69 Å². The van der Waals surface area contributed by atoms with Gasteiger partial charge in [-0.25, -0.2) is 9.50 Å². The molecule has 1 amide bonds. The molecule has 1 aliphatic heterocycles. The van der Waals surface area contributed by atoms with Gasteiger partial charge < -0.3 is 0 Å². The Morgan fingerprint density at radius 3 is 2.70 bits per heavy atom. The molecular weight excluding hydrogens is 292 g/mol. The van der Waals surface area contributed by atoms with E-state index in [9.17, 15) is 4.79 Å². The smallest absolute Gasteiger partial charge is 0.262 e. The van der Waals surface area contributed by atoms with Gasteiger partial charge >= 0.3 is 0 Å². The largest absolute Gasteiger partial charge is 0.271 e. The summed E-state index contributed by atoms with van der Waals surface area (Å²) in [5.74, 6) is -0.101. The minimum atomic E-state index is -0.485. The van der Waals surface area contributed by atoms with E-state index in [2.05, 4.69) is 20.2 Å². The molecule has 3 aromatic rings. The van der Waals surface area contributed by atoms with E-state index in [1.165, 1.54) is 11.3 Å². The van der Waals surface area contributed by atoms with Crippen molar-refractivity contribution in [3.05, 3.63) is 54.1 Å². The van der Waals surface area contributed by atoms with Crippen LogP contribution in [0.2, 0.25) is 0 Å². The molecule has 1 aliphatic rings. The quantitative estimate of drug-likeness (QED) is 0.725. The molecule has 1 atom stereocenters. The number of hydrogen-bond acceptors (Lipinski definition) is 5. The van der Waals surface area contributed by atoms with Crippen molar-refractivity contribution in [2.24, 2.45) is 5.10 Å². The monoisotopic (exact) mass is 306 g/mol. The van der Waals surface area contributed by atoms with Crippen LogP contribution >= 0.6 is 0 Å². The summed E-state index contributed by atoms with van der Waals surface area (Å²) in [7, 11) is 0. The summed E-state index contributed by atoms with van der Waals surface area (Å²) in [6, 6.07) is 11.3. The predicted octanol–water partition coefficient (Wildman–Crippen LogP) is 1.94. The number of fused-ring (bicyclic) bond motifs is 1. The normalized spacial score (nSPS) is 17.8. The first-order chi connectivity index (χ1) is 11.1. The molecule has 1 unspecified atom stereocenters. The van der Waals surface area contributed by atoms with Crippen LogP contribution < -0.4 is 5.01 Å². The van der Waals surface area contributed by atoms with Gasteiger partial charge in [-0.1, -0.05) is 18.2 Å². The van der Waals surface area contributed by atoms with Gasteiger partial charge in [-0.15, -0.1) is 0 Å². The Morgan fingerprint density at radius 1 is 1.13 bits per heavy atom.